The van der Waals surface area contributed by atoms with Crippen molar-refractivity contribution in [1.29, 1.82) is 0 Å². The molecule has 160 valence electrons. The number of fused-ring (bicyclic) bond motifs is 2. The summed E-state index contributed by atoms with van der Waals surface area (Å²) in [7, 11) is 0. The molecular formula is C22H28FN5O2. The summed E-state index contributed by atoms with van der Waals surface area (Å²) in [6, 6.07) is 5.60. The zero-order valence-electron chi connectivity index (χ0n) is 17.2. The highest BCUT2D eigenvalue weighted by Crippen LogP contribution is 2.27. The molecular weight excluding hydrogens is 385 g/mol. The van der Waals surface area contributed by atoms with E-state index in [0.29, 0.717) is 22.6 Å². The van der Waals surface area contributed by atoms with E-state index in [1.165, 1.54) is 6.07 Å². The summed E-state index contributed by atoms with van der Waals surface area (Å²) >= 11 is 0. The van der Waals surface area contributed by atoms with Crippen LogP contribution in [-0.4, -0.2) is 71.0 Å². The first-order valence-corrected chi connectivity index (χ1v) is 10.9. The second-order valence-corrected chi connectivity index (χ2v) is 8.85. The molecule has 2 aromatic rings. The van der Waals surface area contributed by atoms with E-state index >= 15 is 0 Å². The van der Waals surface area contributed by atoms with Gasteiger partial charge in [-0.25, -0.2) is 9.18 Å². The minimum absolute atomic E-state index is 0.0541. The van der Waals surface area contributed by atoms with Crippen molar-refractivity contribution >= 4 is 22.8 Å². The van der Waals surface area contributed by atoms with Gasteiger partial charge in [-0.15, -0.1) is 0 Å². The van der Waals surface area contributed by atoms with E-state index in [1.54, 1.807) is 12.1 Å². The highest BCUT2D eigenvalue weighted by atomic mass is 19.1. The maximum atomic E-state index is 14.1. The number of amides is 3. The number of carbonyl (C=O) groups excluding carboxylic acids is 2. The van der Waals surface area contributed by atoms with Gasteiger partial charge in [-0.2, -0.15) is 0 Å². The Kier molecular flexibility index (Phi) is 4.89. The van der Waals surface area contributed by atoms with Crippen LogP contribution in [0.1, 0.15) is 41.7 Å². The van der Waals surface area contributed by atoms with Gasteiger partial charge in [0.25, 0.3) is 5.91 Å². The second-order valence-electron chi connectivity index (χ2n) is 8.85. The van der Waals surface area contributed by atoms with Crippen LogP contribution in [0.25, 0.3) is 10.9 Å². The Morgan fingerprint density at radius 1 is 1.23 bits per heavy atom. The number of aryl methyl sites for hydroxylation is 1. The minimum atomic E-state index is -0.317. The molecule has 1 aliphatic carbocycles. The second kappa shape index (κ2) is 7.58. The first kappa shape index (κ1) is 19.4. The average Bonchev–Trinajstić information content (AvgIpc) is 3.36. The molecule has 0 spiro atoms. The van der Waals surface area contributed by atoms with Crippen LogP contribution in [0.3, 0.4) is 0 Å². The van der Waals surface area contributed by atoms with Crippen molar-refractivity contribution in [3.05, 3.63) is 35.3 Å². The van der Waals surface area contributed by atoms with Crippen molar-refractivity contribution in [3.8, 4) is 0 Å². The summed E-state index contributed by atoms with van der Waals surface area (Å²) in [6.07, 6.45) is 4.06. The zero-order valence-corrected chi connectivity index (χ0v) is 17.2. The Morgan fingerprint density at radius 2 is 2.10 bits per heavy atom. The quantitative estimate of drug-likeness (QED) is 0.723. The van der Waals surface area contributed by atoms with Gasteiger partial charge in [-0.1, -0.05) is 6.07 Å². The summed E-state index contributed by atoms with van der Waals surface area (Å²) < 4.78 is 14.1. The van der Waals surface area contributed by atoms with Crippen molar-refractivity contribution < 1.29 is 14.0 Å². The molecule has 1 aromatic carbocycles. The normalized spacial score (nSPS) is 27.2. The van der Waals surface area contributed by atoms with Crippen molar-refractivity contribution in [2.45, 2.75) is 50.7 Å². The number of hydrogen-bond acceptors (Lipinski definition) is 3. The van der Waals surface area contributed by atoms with Crippen LogP contribution in [0.2, 0.25) is 0 Å². The van der Waals surface area contributed by atoms with E-state index < -0.39 is 0 Å². The Labute approximate surface area is 175 Å². The summed E-state index contributed by atoms with van der Waals surface area (Å²) in [5, 5.41) is 6.55. The molecule has 2 saturated heterocycles. The first-order chi connectivity index (χ1) is 14.5. The standard InChI is InChI=1S/C22H28FN5O2/c1-13-5-6-18(23)17-10-19(26-20(13)17)21(29)25-14-3-2-4-15(9-14)27-7-8-28-16(12-27)11-24-22(28)30/h5-6,10,14-16,26H,2-4,7-9,11-12H2,1H3,(H,24,30)(H,25,29)/t14-,15+,16?/m1/s1. The maximum absolute atomic E-state index is 14.1. The third kappa shape index (κ3) is 3.43. The Hall–Kier alpha value is -2.61. The van der Waals surface area contributed by atoms with Crippen LogP contribution in [-0.2, 0) is 0 Å². The number of halogens is 1. The zero-order chi connectivity index (χ0) is 20.8. The van der Waals surface area contributed by atoms with E-state index in [1.807, 2.05) is 11.8 Å². The predicted molar refractivity (Wildman–Crippen MR) is 112 cm³/mol. The fourth-order valence-corrected chi connectivity index (χ4v) is 5.30. The molecule has 1 saturated carbocycles. The van der Waals surface area contributed by atoms with Gasteiger partial charge < -0.3 is 20.5 Å². The molecule has 3 aliphatic rings. The largest absolute Gasteiger partial charge is 0.350 e. The number of H-pyrrole nitrogens is 1. The van der Waals surface area contributed by atoms with E-state index in [-0.39, 0.29) is 29.8 Å². The average molecular weight is 413 g/mol. The van der Waals surface area contributed by atoms with Gasteiger partial charge in [0.15, 0.2) is 0 Å². The van der Waals surface area contributed by atoms with Crippen LogP contribution in [0, 0.1) is 12.7 Å². The number of nitrogens with one attached hydrogen (secondary N) is 3. The SMILES string of the molecule is Cc1ccc(F)c2cc(C(=O)N[C@@H]3CCC[C@H](N4CCN5C(=O)NCC5C4)C3)[nH]c12. The van der Waals surface area contributed by atoms with Gasteiger partial charge in [0.05, 0.1) is 11.6 Å². The molecule has 8 heteroatoms. The first-order valence-electron chi connectivity index (χ1n) is 10.9. The molecule has 0 radical (unpaired) electrons. The lowest BCUT2D eigenvalue weighted by atomic mass is 9.89. The van der Waals surface area contributed by atoms with E-state index in [0.717, 1.165) is 57.4 Å². The van der Waals surface area contributed by atoms with Crippen LogP contribution in [0.5, 0.6) is 0 Å². The van der Waals surface area contributed by atoms with Crippen molar-refractivity contribution in [1.82, 2.24) is 25.4 Å². The molecule has 3 atom stereocenters. The summed E-state index contributed by atoms with van der Waals surface area (Å²) in [6.45, 7) is 5.17. The number of aromatic amines is 1. The molecule has 5 rings (SSSR count). The fraction of sp³-hybridized carbons (Fsp3) is 0.545. The van der Waals surface area contributed by atoms with Crippen molar-refractivity contribution in [2.75, 3.05) is 26.2 Å². The molecule has 0 bridgehead atoms. The molecule has 3 heterocycles. The minimum Gasteiger partial charge on any atom is -0.350 e. The number of aromatic nitrogens is 1. The van der Waals surface area contributed by atoms with Crippen LogP contribution in [0.4, 0.5) is 9.18 Å². The van der Waals surface area contributed by atoms with Gasteiger partial charge in [0.2, 0.25) is 0 Å². The highest BCUT2D eigenvalue weighted by Gasteiger charge is 2.38. The number of urea groups is 1. The van der Waals surface area contributed by atoms with Crippen molar-refractivity contribution in [2.24, 2.45) is 0 Å². The van der Waals surface area contributed by atoms with Crippen molar-refractivity contribution in [3.63, 3.8) is 0 Å². The summed E-state index contributed by atoms with van der Waals surface area (Å²) in [4.78, 5) is 32.2. The number of benzene rings is 1. The molecule has 1 unspecified atom stereocenters. The molecule has 3 N–H and O–H groups in total. The van der Waals surface area contributed by atoms with Gasteiger partial charge in [0.1, 0.15) is 11.5 Å². The molecule has 3 fully saturated rings. The Morgan fingerprint density at radius 3 is 2.93 bits per heavy atom. The summed E-state index contributed by atoms with van der Waals surface area (Å²) in [5.41, 5.74) is 2.01. The molecule has 3 amide bonds. The molecule has 2 aliphatic heterocycles. The smallest absolute Gasteiger partial charge is 0.317 e. The fourth-order valence-electron chi connectivity index (χ4n) is 5.30. The lowest BCUT2D eigenvalue weighted by molar-refractivity contribution is 0.0630. The van der Waals surface area contributed by atoms with Gasteiger partial charge in [0, 0.05) is 43.6 Å². The third-order valence-corrected chi connectivity index (χ3v) is 6.96. The topological polar surface area (TPSA) is 80.5 Å². The molecule has 7 nitrogen and oxygen atoms in total. The molecule has 1 aromatic heterocycles. The summed E-state index contributed by atoms with van der Waals surface area (Å²) in [5.74, 6) is -0.492. The van der Waals surface area contributed by atoms with Gasteiger partial charge in [-0.05, 0) is 50.3 Å². The molecule has 30 heavy (non-hydrogen) atoms. The van der Waals surface area contributed by atoms with Crippen LogP contribution in [0.15, 0.2) is 18.2 Å². The van der Waals surface area contributed by atoms with Gasteiger partial charge in [-0.3, -0.25) is 9.69 Å². The maximum Gasteiger partial charge on any atom is 0.317 e. The Balaban J connectivity index is 1.23. The Bertz CT molecular complexity index is 950. The highest BCUT2D eigenvalue weighted by molar-refractivity contribution is 5.99. The van der Waals surface area contributed by atoms with E-state index in [4.69, 9.17) is 0 Å². The van der Waals surface area contributed by atoms with Crippen LogP contribution >= 0.6 is 0 Å². The van der Waals surface area contributed by atoms with E-state index in [2.05, 4.69) is 20.5 Å². The third-order valence-electron chi connectivity index (χ3n) is 6.96. The number of rotatable bonds is 3. The van der Waals surface area contributed by atoms with Crippen LogP contribution < -0.4 is 10.6 Å². The van der Waals surface area contributed by atoms with E-state index in [9.17, 15) is 14.0 Å². The lowest BCUT2D eigenvalue weighted by Crippen LogP contribution is -2.56. The monoisotopic (exact) mass is 413 g/mol. The number of hydrogen-bond donors (Lipinski definition) is 3. The number of nitrogens with zero attached hydrogens (tertiary/aromatic N) is 2. The predicted octanol–water partition coefficient (Wildman–Crippen LogP) is 2.37. The number of piperazine rings is 1. The lowest BCUT2D eigenvalue weighted by Gasteiger charge is -2.43. The van der Waals surface area contributed by atoms with Gasteiger partial charge >= 0.3 is 6.03 Å². The number of carbonyl (C=O) groups is 2.